The summed E-state index contributed by atoms with van der Waals surface area (Å²) in [5.74, 6) is 0.303. The molecule has 0 fully saturated rings. The van der Waals surface area contributed by atoms with E-state index in [-0.39, 0.29) is 12.2 Å². The molecule has 5 heteroatoms. The Labute approximate surface area is 73.6 Å². The molecule has 0 amide bonds. The van der Waals surface area contributed by atoms with E-state index in [0.29, 0.717) is 12.2 Å². The normalized spacial score (nSPS) is 17.5. The molecule has 0 heterocycles. The van der Waals surface area contributed by atoms with Gasteiger partial charge in [-0.1, -0.05) is 0 Å². The number of methoxy groups -OCH3 is 1. The third-order valence-electron chi connectivity index (χ3n) is 1.52. The van der Waals surface area contributed by atoms with Crippen LogP contribution in [-0.2, 0) is 9.47 Å². The van der Waals surface area contributed by atoms with Gasteiger partial charge in [-0.3, -0.25) is 0 Å². The number of ether oxygens (including phenoxy) is 2. The van der Waals surface area contributed by atoms with Crippen LogP contribution in [0, 0.1) is 0 Å². The Hall–Kier alpha value is -1.13. The summed E-state index contributed by atoms with van der Waals surface area (Å²) < 4.78 is 43.8. The fraction of sp³-hybridized carbons (Fsp3) is 0.500. The average molecular weight is 194 g/mol. The third-order valence-corrected chi connectivity index (χ3v) is 1.52. The van der Waals surface area contributed by atoms with Crippen molar-refractivity contribution in [2.75, 3.05) is 7.11 Å². The van der Waals surface area contributed by atoms with Crippen molar-refractivity contribution >= 4 is 0 Å². The van der Waals surface area contributed by atoms with Gasteiger partial charge in [0.05, 0.1) is 7.11 Å². The Morgan fingerprint density at radius 3 is 2.62 bits per heavy atom. The van der Waals surface area contributed by atoms with E-state index >= 15 is 0 Å². The van der Waals surface area contributed by atoms with Crippen molar-refractivity contribution < 1.29 is 22.6 Å². The number of allylic oxidation sites excluding steroid dienone is 3. The second kappa shape index (κ2) is 3.72. The van der Waals surface area contributed by atoms with Crippen LogP contribution in [0.1, 0.15) is 12.8 Å². The largest absolute Gasteiger partial charge is 0.572 e. The predicted molar refractivity (Wildman–Crippen MR) is 39.5 cm³/mol. The maximum absolute atomic E-state index is 11.7. The number of rotatable bonds is 2. The fourth-order valence-corrected chi connectivity index (χ4v) is 1.02. The van der Waals surface area contributed by atoms with Crippen LogP contribution in [0.25, 0.3) is 0 Å². The highest BCUT2D eigenvalue weighted by atomic mass is 19.4. The first-order valence-electron chi connectivity index (χ1n) is 3.72. The summed E-state index contributed by atoms with van der Waals surface area (Å²) in [7, 11) is 1.40. The molecule has 1 aliphatic rings. The summed E-state index contributed by atoms with van der Waals surface area (Å²) in [6.07, 6.45) is -0.889. The van der Waals surface area contributed by atoms with E-state index < -0.39 is 6.36 Å². The number of hydrogen-bond acceptors (Lipinski definition) is 2. The van der Waals surface area contributed by atoms with E-state index in [0.717, 1.165) is 0 Å². The molecule has 0 unspecified atom stereocenters. The quantitative estimate of drug-likeness (QED) is 0.672. The molecule has 13 heavy (non-hydrogen) atoms. The number of halogens is 3. The van der Waals surface area contributed by atoms with Gasteiger partial charge in [0.25, 0.3) is 0 Å². The molecule has 1 rings (SSSR count). The topological polar surface area (TPSA) is 18.5 Å². The Balaban J connectivity index is 2.61. The van der Waals surface area contributed by atoms with Gasteiger partial charge in [0.2, 0.25) is 0 Å². The average Bonchev–Trinajstić information content (AvgIpc) is 2.01. The van der Waals surface area contributed by atoms with Gasteiger partial charge in [-0.05, 0) is 12.5 Å². The highest BCUT2D eigenvalue weighted by Gasteiger charge is 2.32. The van der Waals surface area contributed by atoms with Gasteiger partial charge in [-0.25, -0.2) is 0 Å². The van der Waals surface area contributed by atoms with Gasteiger partial charge >= 0.3 is 6.36 Å². The van der Waals surface area contributed by atoms with Gasteiger partial charge in [0.15, 0.2) is 0 Å². The van der Waals surface area contributed by atoms with Gasteiger partial charge < -0.3 is 9.47 Å². The Morgan fingerprint density at radius 2 is 2.08 bits per heavy atom. The van der Waals surface area contributed by atoms with Crippen molar-refractivity contribution in [3.05, 3.63) is 23.7 Å². The zero-order valence-corrected chi connectivity index (χ0v) is 7.02. The van der Waals surface area contributed by atoms with Crippen molar-refractivity contribution in [3.8, 4) is 0 Å². The van der Waals surface area contributed by atoms with Crippen molar-refractivity contribution in [1.29, 1.82) is 0 Å². The van der Waals surface area contributed by atoms with Crippen LogP contribution in [0.15, 0.2) is 23.7 Å². The summed E-state index contributed by atoms with van der Waals surface area (Å²) in [6, 6.07) is 0. The summed E-state index contributed by atoms with van der Waals surface area (Å²) in [6.45, 7) is 0. The molecule has 0 N–H and O–H groups in total. The third kappa shape index (κ3) is 3.40. The second-order valence-corrected chi connectivity index (χ2v) is 2.51. The summed E-state index contributed by atoms with van der Waals surface area (Å²) >= 11 is 0. The predicted octanol–water partition coefficient (Wildman–Crippen LogP) is 2.73. The molecule has 0 aromatic heterocycles. The highest BCUT2D eigenvalue weighted by Crippen LogP contribution is 2.26. The van der Waals surface area contributed by atoms with Crippen molar-refractivity contribution in [2.24, 2.45) is 0 Å². The molecular weight excluding hydrogens is 185 g/mol. The van der Waals surface area contributed by atoms with Crippen molar-refractivity contribution in [3.63, 3.8) is 0 Å². The molecule has 1 aliphatic carbocycles. The fourth-order valence-electron chi connectivity index (χ4n) is 1.02. The van der Waals surface area contributed by atoms with E-state index in [1.807, 2.05) is 0 Å². The molecule has 0 aromatic carbocycles. The summed E-state index contributed by atoms with van der Waals surface area (Å²) in [4.78, 5) is 0. The Morgan fingerprint density at radius 1 is 1.38 bits per heavy atom. The van der Waals surface area contributed by atoms with Crippen LogP contribution in [0.3, 0.4) is 0 Å². The van der Waals surface area contributed by atoms with Gasteiger partial charge in [-0.15, -0.1) is 13.2 Å². The molecule has 0 aromatic rings. The minimum Gasteiger partial charge on any atom is -0.497 e. The van der Waals surface area contributed by atoms with Gasteiger partial charge in [0.1, 0.15) is 11.5 Å². The Bertz CT molecular complexity index is 240. The van der Waals surface area contributed by atoms with Crippen LogP contribution >= 0.6 is 0 Å². The van der Waals surface area contributed by atoms with Crippen molar-refractivity contribution in [1.82, 2.24) is 0 Å². The molecule has 0 saturated carbocycles. The Kier molecular flexibility index (Phi) is 2.85. The maximum Gasteiger partial charge on any atom is 0.572 e. The van der Waals surface area contributed by atoms with Gasteiger partial charge in [0, 0.05) is 12.5 Å². The molecular formula is C8H9F3O2. The minimum absolute atomic E-state index is 0.105. The highest BCUT2D eigenvalue weighted by molar-refractivity contribution is 5.19. The van der Waals surface area contributed by atoms with Crippen LogP contribution in [0.4, 0.5) is 13.2 Å². The van der Waals surface area contributed by atoms with E-state index in [9.17, 15) is 13.2 Å². The molecule has 0 bridgehead atoms. The zero-order valence-electron chi connectivity index (χ0n) is 7.02. The van der Waals surface area contributed by atoms with E-state index in [1.165, 1.54) is 13.2 Å². The van der Waals surface area contributed by atoms with E-state index in [1.54, 1.807) is 6.08 Å². The first kappa shape index (κ1) is 9.95. The lowest BCUT2D eigenvalue weighted by Crippen LogP contribution is -2.14. The molecule has 74 valence electrons. The lowest BCUT2D eigenvalue weighted by atomic mass is 10.1. The maximum atomic E-state index is 11.7. The number of hydrogen-bond donors (Lipinski definition) is 0. The minimum atomic E-state index is -4.61. The van der Waals surface area contributed by atoms with Crippen LogP contribution in [0.2, 0.25) is 0 Å². The molecule has 0 atom stereocenters. The van der Waals surface area contributed by atoms with Crippen LogP contribution in [0.5, 0.6) is 0 Å². The lowest BCUT2D eigenvalue weighted by molar-refractivity contribution is -0.306. The van der Waals surface area contributed by atoms with E-state index in [4.69, 9.17) is 4.74 Å². The summed E-state index contributed by atoms with van der Waals surface area (Å²) in [5.41, 5.74) is 0. The van der Waals surface area contributed by atoms with Crippen LogP contribution in [-0.4, -0.2) is 13.5 Å². The zero-order chi connectivity index (χ0) is 9.90. The van der Waals surface area contributed by atoms with Crippen LogP contribution < -0.4 is 0 Å². The summed E-state index contributed by atoms with van der Waals surface area (Å²) in [5, 5.41) is 0. The SMILES string of the molecule is COC1=CCCC(OC(F)(F)F)=C1. The lowest BCUT2D eigenvalue weighted by Gasteiger charge is -2.15. The van der Waals surface area contributed by atoms with Gasteiger partial charge in [-0.2, -0.15) is 0 Å². The number of alkyl halides is 3. The monoisotopic (exact) mass is 194 g/mol. The smallest absolute Gasteiger partial charge is 0.497 e. The molecule has 0 aliphatic heterocycles. The molecule has 0 spiro atoms. The first-order chi connectivity index (χ1) is 6.01. The molecule has 2 nitrogen and oxygen atoms in total. The second-order valence-electron chi connectivity index (χ2n) is 2.51. The first-order valence-corrected chi connectivity index (χ1v) is 3.72. The molecule has 0 radical (unpaired) electrons. The molecule has 0 saturated heterocycles. The van der Waals surface area contributed by atoms with E-state index in [2.05, 4.69) is 4.74 Å². The standard InChI is InChI=1S/C8H9F3O2/c1-12-6-3-2-4-7(5-6)13-8(9,10)11/h3,5H,2,4H2,1H3. The van der Waals surface area contributed by atoms with Crippen molar-refractivity contribution in [2.45, 2.75) is 19.2 Å².